The van der Waals surface area contributed by atoms with Gasteiger partial charge in [-0.3, -0.25) is 0 Å². The molecule has 0 aromatic heterocycles. The molecule has 1 N–H and O–H groups in total. The maximum Gasteiger partial charge on any atom is 0.407 e. The zero-order valence-electron chi connectivity index (χ0n) is 11.9. The Morgan fingerprint density at radius 1 is 1.10 bits per heavy atom. The summed E-state index contributed by atoms with van der Waals surface area (Å²) >= 11 is 0. The van der Waals surface area contributed by atoms with Crippen molar-refractivity contribution in [3.8, 4) is 0 Å². The minimum atomic E-state index is -0.347. The predicted octanol–water partition coefficient (Wildman–Crippen LogP) is 3.99. The number of amides is 1. The smallest absolute Gasteiger partial charge is 0.407 e. The van der Waals surface area contributed by atoms with Crippen molar-refractivity contribution in [2.75, 3.05) is 0 Å². The minimum Gasteiger partial charge on any atom is -0.445 e. The van der Waals surface area contributed by atoms with Crippen LogP contribution in [0.2, 0.25) is 0 Å². The van der Waals surface area contributed by atoms with Gasteiger partial charge in [0.1, 0.15) is 6.61 Å². The zero-order valence-corrected chi connectivity index (χ0v) is 11.9. The Morgan fingerprint density at radius 3 is 2.71 bits per heavy atom. The molecular weight excluding hydrogens is 262 g/mol. The van der Waals surface area contributed by atoms with Crippen molar-refractivity contribution in [1.82, 2.24) is 5.32 Å². The molecular formula is C18H19NO2. The van der Waals surface area contributed by atoms with E-state index in [2.05, 4.69) is 23.5 Å². The van der Waals surface area contributed by atoms with Gasteiger partial charge in [-0.05, 0) is 36.0 Å². The van der Waals surface area contributed by atoms with Crippen LogP contribution in [0.5, 0.6) is 0 Å². The largest absolute Gasteiger partial charge is 0.445 e. The second-order valence-corrected chi connectivity index (χ2v) is 5.35. The summed E-state index contributed by atoms with van der Waals surface area (Å²) in [7, 11) is 0. The van der Waals surface area contributed by atoms with Gasteiger partial charge in [-0.15, -0.1) is 0 Å². The Balaban J connectivity index is 1.58. The molecule has 2 aromatic carbocycles. The van der Waals surface area contributed by atoms with Crippen LogP contribution >= 0.6 is 0 Å². The van der Waals surface area contributed by atoms with Crippen LogP contribution in [0.15, 0.2) is 54.6 Å². The second-order valence-electron chi connectivity index (χ2n) is 5.35. The molecule has 0 saturated heterocycles. The number of hydrogen-bond donors (Lipinski definition) is 1. The molecule has 3 rings (SSSR count). The average Bonchev–Trinajstić information content (AvgIpc) is 2.54. The number of aryl methyl sites for hydroxylation is 1. The third-order valence-corrected chi connectivity index (χ3v) is 3.87. The lowest BCUT2D eigenvalue weighted by molar-refractivity contribution is 0.134. The van der Waals surface area contributed by atoms with Gasteiger partial charge in [0.2, 0.25) is 0 Å². The molecule has 0 heterocycles. The van der Waals surface area contributed by atoms with E-state index in [9.17, 15) is 4.79 Å². The Morgan fingerprint density at radius 2 is 1.86 bits per heavy atom. The summed E-state index contributed by atoms with van der Waals surface area (Å²) < 4.78 is 5.30. The van der Waals surface area contributed by atoms with Crippen LogP contribution in [0.3, 0.4) is 0 Å². The molecule has 0 radical (unpaired) electrons. The van der Waals surface area contributed by atoms with Crippen molar-refractivity contribution in [2.24, 2.45) is 0 Å². The number of nitrogens with one attached hydrogen (secondary N) is 1. The van der Waals surface area contributed by atoms with E-state index < -0.39 is 0 Å². The van der Waals surface area contributed by atoms with Crippen LogP contribution in [0, 0.1) is 0 Å². The van der Waals surface area contributed by atoms with Gasteiger partial charge < -0.3 is 10.1 Å². The number of alkyl carbamates (subject to hydrolysis) is 1. The van der Waals surface area contributed by atoms with Crippen molar-refractivity contribution in [1.29, 1.82) is 0 Å². The SMILES string of the molecule is O=C(N[C@@H]1CCCc2ccccc21)OCc1ccccc1. The lowest BCUT2D eigenvalue weighted by Crippen LogP contribution is -2.31. The highest BCUT2D eigenvalue weighted by atomic mass is 16.5. The molecule has 0 aliphatic heterocycles. The van der Waals surface area contributed by atoms with Crippen molar-refractivity contribution >= 4 is 6.09 Å². The van der Waals surface area contributed by atoms with E-state index in [-0.39, 0.29) is 12.1 Å². The fourth-order valence-corrected chi connectivity index (χ4v) is 2.81. The van der Waals surface area contributed by atoms with Gasteiger partial charge in [-0.25, -0.2) is 4.79 Å². The van der Waals surface area contributed by atoms with Crippen LogP contribution in [0.1, 0.15) is 35.6 Å². The second kappa shape index (κ2) is 6.44. The summed E-state index contributed by atoms with van der Waals surface area (Å²) in [4.78, 5) is 12.0. The summed E-state index contributed by atoms with van der Waals surface area (Å²) in [5.74, 6) is 0. The molecule has 0 bridgehead atoms. The van der Waals surface area contributed by atoms with Crippen LogP contribution in [0.4, 0.5) is 4.79 Å². The van der Waals surface area contributed by atoms with Gasteiger partial charge >= 0.3 is 6.09 Å². The van der Waals surface area contributed by atoms with Gasteiger partial charge in [-0.1, -0.05) is 54.6 Å². The summed E-state index contributed by atoms with van der Waals surface area (Å²) in [5, 5.41) is 2.98. The lowest BCUT2D eigenvalue weighted by atomic mass is 9.88. The molecule has 21 heavy (non-hydrogen) atoms. The van der Waals surface area contributed by atoms with Crippen LogP contribution in [-0.4, -0.2) is 6.09 Å². The molecule has 1 atom stereocenters. The highest BCUT2D eigenvalue weighted by Gasteiger charge is 2.21. The van der Waals surface area contributed by atoms with Gasteiger partial charge in [0, 0.05) is 0 Å². The molecule has 0 unspecified atom stereocenters. The fourth-order valence-electron chi connectivity index (χ4n) is 2.81. The summed E-state index contributed by atoms with van der Waals surface area (Å²) in [6.07, 6.45) is 2.81. The first-order chi connectivity index (χ1) is 10.3. The van der Waals surface area contributed by atoms with Gasteiger partial charge in [0.05, 0.1) is 6.04 Å². The standard InChI is InChI=1S/C18H19NO2/c20-18(21-13-14-7-2-1-3-8-14)19-17-12-6-10-15-9-4-5-11-16(15)17/h1-5,7-9,11,17H,6,10,12-13H2,(H,19,20)/t17-/m1/s1. The highest BCUT2D eigenvalue weighted by molar-refractivity contribution is 5.68. The predicted molar refractivity (Wildman–Crippen MR) is 81.9 cm³/mol. The summed E-state index contributed by atoms with van der Waals surface area (Å²) in [6.45, 7) is 0.307. The van der Waals surface area contributed by atoms with E-state index in [1.165, 1.54) is 11.1 Å². The average molecular weight is 281 g/mol. The maximum atomic E-state index is 12.0. The maximum absolute atomic E-state index is 12.0. The topological polar surface area (TPSA) is 38.3 Å². The monoisotopic (exact) mass is 281 g/mol. The number of ether oxygens (including phenoxy) is 1. The van der Waals surface area contributed by atoms with E-state index in [0.717, 1.165) is 24.8 Å². The first kappa shape index (κ1) is 13.7. The van der Waals surface area contributed by atoms with Crippen molar-refractivity contribution in [3.63, 3.8) is 0 Å². The van der Waals surface area contributed by atoms with Crippen LogP contribution < -0.4 is 5.32 Å². The molecule has 3 nitrogen and oxygen atoms in total. The number of benzene rings is 2. The minimum absolute atomic E-state index is 0.0678. The first-order valence-electron chi connectivity index (χ1n) is 7.38. The van der Waals surface area contributed by atoms with Crippen LogP contribution in [0.25, 0.3) is 0 Å². The van der Waals surface area contributed by atoms with Crippen molar-refractivity contribution < 1.29 is 9.53 Å². The number of carbonyl (C=O) groups excluding carboxylic acids is 1. The molecule has 3 heteroatoms. The molecule has 1 aliphatic rings. The summed E-state index contributed by atoms with van der Waals surface area (Å²) in [5.41, 5.74) is 3.55. The highest BCUT2D eigenvalue weighted by Crippen LogP contribution is 2.29. The molecule has 0 saturated carbocycles. The van der Waals surface area contributed by atoms with Crippen molar-refractivity contribution in [3.05, 3.63) is 71.3 Å². The van der Waals surface area contributed by atoms with E-state index in [4.69, 9.17) is 4.74 Å². The van der Waals surface area contributed by atoms with Gasteiger partial charge in [0.15, 0.2) is 0 Å². The van der Waals surface area contributed by atoms with E-state index >= 15 is 0 Å². The summed E-state index contributed by atoms with van der Waals surface area (Å²) in [6, 6.07) is 18.1. The molecule has 2 aromatic rings. The Labute approximate surface area is 124 Å². The first-order valence-corrected chi connectivity index (χ1v) is 7.38. The Kier molecular flexibility index (Phi) is 4.20. The molecule has 1 amide bonds. The van der Waals surface area contributed by atoms with Gasteiger partial charge in [0.25, 0.3) is 0 Å². The van der Waals surface area contributed by atoms with E-state index in [0.29, 0.717) is 6.61 Å². The number of carbonyl (C=O) groups is 1. The Bertz CT molecular complexity index is 610. The molecule has 108 valence electrons. The third-order valence-electron chi connectivity index (χ3n) is 3.87. The van der Waals surface area contributed by atoms with Crippen molar-refractivity contribution in [2.45, 2.75) is 31.9 Å². The van der Waals surface area contributed by atoms with Gasteiger partial charge in [-0.2, -0.15) is 0 Å². The fraction of sp³-hybridized carbons (Fsp3) is 0.278. The number of hydrogen-bond acceptors (Lipinski definition) is 2. The quantitative estimate of drug-likeness (QED) is 0.923. The number of fused-ring (bicyclic) bond motifs is 1. The Hall–Kier alpha value is -2.29. The van der Waals surface area contributed by atoms with Crippen LogP contribution in [-0.2, 0) is 17.8 Å². The van der Waals surface area contributed by atoms with E-state index in [1.807, 2.05) is 36.4 Å². The lowest BCUT2D eigenvalue weighted by Gasteiger charge is -2.26. The molecule has 0 spiro atoms. The normalized spacial score (nSPS) is 16.9. The number of rotatable bonds is 3. The zero-order chi connectivity index (χ0) is 14.5. The molecule has 0 fully saturated rings. The third kappa shape index (κ3) is 3.43. The van der Waals surface area contributed by atoms with E-state index in [1.54, 1.807) is 0 Å². The molecule has 1 aliphatic carbocycles.